The van der Waals surface area contributed by atoms with Crippen LogP contribution in [-0.2, 0) is 12.1 Å². The topological polar surface area (TPSA) is 43.8 Å². The fourth-order valence-electron chi connectivity index (χ4n) is 3.60. The molecule has 1 aliphatic carbocycles. The van der Waals surface area contributed by atoms with Gasteiger partial charge in [-0.3, -0.25) is 0 Å². The van der Waals surface area contributed by atoms with E-state index in [1.165, 1.54) is 24.8 Å². The van der Waals surface area contributed by atoms with E-state index in [1.807, 2.05) is 0 Å². The van der Waals surface area contributed by atoms with E-state index in [2.05, 4.69) is 42.7 Å². The van der Waals surface area contributed by atoms with E-state index in [0.717, 1.165) is 36.6 Å². The van der Waals surface area contributed by atoms with Crippen molar-refractivity contribution in [1.82, 2.24) is 9.55 Å². The van der Waals surface area contributed by atoms with Gasteiger partial charge in [0.1, 0.15) is 5.82 Å². The molecule has 2 aromatic rings. The zero-order chi connectivity index (χ0) is 14.2. The maximum atomic E-state index is 6.75. The SMILES string of the molecule is CCC1CCC(N)(c2nc3ccccc3n2CC)CC1. The molecule has 1 aromatic heterocycles. The molecule has 0 bridgehead atoms. The van der Waals surface area contributed by atoms with Crippen LogP contribution in [0.4, 0.5) is 0 Å². The quantitative estimate of drug-likeness (QED) is 0.922. The first kappa shape index (κ1) is 13.6. The van der Waals surface area contributed by atoms with Crippen molar-refractivity contribution in [1.29, 1.82) is 0 Å². The number of aromatic nitrogens is 2. The summed E-state index contributed by atoms with van der Waals surface area (Å²) in [6.07, 6.45) is 5.88. The number of nitrogens with zero attached hydrogens (tertiary/aromatic N) is 2. The number of aryl methyl sites for hydroxylation is 1. The van der Waals surface area contributed by atoms with Crippen LogP contribution in [0, 0.1) is 5.92 Å². The molecule has 0 saturated heterocycles. The average molecular weight is 271 g/mol. The molecule has 3 heteroatoms. The molecule has 2 N–H and O–H groups in total. The van der Waals surface area contributed by atoms with E-state index < -0.39 is 0 Å². The van der Waals surface area contributed by atoms with Gasteiger partial charge in [-0.25, -0.2) is 4.98 Å². The van der Waals surface area contributed by atoms with Crippen molar-refractivity contribution in [2.24, 2.45) is 11.7 Å². The van der Waals surface area contributed by atoms with Crippen molar-refractivity contribution in [3.05, 3.63) is 30.1 Å². The van der Waals surface area contributed by atoms with Gasteiger partial charge >= 0.3 is 0 Å². The second kappa shape index (κ2) is 5.21. The van der Waals surface area contributed by atoms with Gasteiger partial charge in [0.2, 0.25) is 0 Å². The standard InChI is InChI=1S/C17H25N3/c1-3-13-9-11-17(18,12-10-13)16-19-14-7-5-6-8-15(14)20(16)4-2/h5-8,13H,3-4,9-12,18H2,1-2H3. The summed E-state index contributed by atoms with van der Waals surface area (Å²) in [7, 11) is 0. The molecule has 1 aromatic carbocycles. The monoisotopic (exact) mass is 271 g/mol. The van der Waals surface area contributed by atoms with E-state index >= 15 is 0 Å². The Morgan fingerprint density at radius 1 is 1.25 bits per heavy atom. The van der Waals surface area contributed by atoms with Gasteiger partial charge < -0.3 is 10.3 Å². The summed E-state index contributed by atoms with van der Waals surface area (Å²) in [5.41, 5.74) is 8.81. The minimum Gasteiger partial charge on any atom is -0.327 e. The third kappa shape index (κ3) is 2.14. The fourth-order valence-corrected chi connectivity index (χ4v) is 3.60. The second-order valence-corrected chi connectivity index (χ2v) is 6.18. The zero-order valence-electron chi connectivity index (χ0n) is 12.6. The normalized spacial score (nSPS) is 27.1. The average Bonchev–Trinajstić information content (AvgIpc) is 2.87. The maximum Gasteiger partial charge on any atom is 0.130 e. The first-order valence-corrected chi connectivity index (χ1v) is 7.92. The summed E-state index contributed by atoms with van der Waals surface area (Å²) in [5.74, 6) is 1.95. The first-order valence-electron chi connectivity index (χ1n) is 7.92. The number of hydrogen-bond acceptors (Lipinski definition) is 2. The molecule has 3 rings (SSSR count). The third-order valence-corrected chi connectivity index (χ3v) is 4.99. The number of fused-ring (bicyclic) bond motifs is 1. The molecule has 108 valence electrons. The van der Waals surface area contributed by atoms with Crippen LogP contribution >= 0.6 is 0 Å². The molecule has 1 aliphatic rings. The summed E-state index contributed by atoms with van der Waals surface area (Å²) in [6.45, 7) is 5.40. The summed E-state index contributed by atoms with van der Waals surface area (Å²) in [4.78, 5) is 4.87. The number of nitrogens with two attached hydrogens (primary N) is 1. The lowest BCUT2D eigenvalue weighted by Gasteiger charge is -2.36. The van der Waals surface area contributed by atoms with E-state index in [0.29, 0.717) is 0 Å². The van der Waals surface area contributed by atoms with Crippen LogP contribution in [0.2, 0.25) is 0 Å². The van der Waals surface area contributed by atoms with Crippen LogP contribution in [0.5, 0.6) is 0 Å². The molecule has 0 spiro atoms. The minimum absolute atomic E-state index is 0.235. The maximum absolute atomic E-state index is 6.75. The number of rotatable bonds is 3. The van der Waals surface area contributed by atoms with Gasteiger partial charge in [-0.05, 0) is 50.7 Å². The summed E-state index contributed by atoms with van der Waals surface area (Å²) in [6, 6.07) is 8.37. The Balaban J connectivity index is 2.01. The molecule has 0 atom stereocenters. The van der Waals surface area contributed by atoms with Gasteiger partial charge in [-0.2, -0.15) is 0 Å². The van der Waals surface area contributed by atoms with Crippen molar-refractivity contribution in [2.45, 2.75) is 58.0 Å². The molecule has 1 fully saturated rings. The van der Waals surface area contributed by atoms with Crippen LogP contribution in [0.15, 0.2) is 24.3 Å². The van der Waals surface area contributed by atoms with E-state index in [4.69, 9.17) is 10.7 Å². The molecular weight excluding hydrogens is 246 g/mol. The number of para-hydroxylation sites is 2. The van der Waals surface area contributed by atoms with E-state index in [-0.39, 0.29) is 5.54 Å². The Labute approximate surface area is 121 Å². The smallest absolute Gasteiger partial charge is 0.130 e. The largest absolute Gasteiger partial charge is 0.327 e. The molecule has 20 heavy (non-hydrogen) atoms. The highest BCUT2D eigenvalue weighted by Crippen LogP contribution is 2.39. The van der Waals surface area contributed by atoms with Crippen molar-refractivity contribution in [3.63, 3.8) is 0 Å². The predicted molar refractivity (Wildman–Crippen MR) is 83.5 cm³/mol. The lowest BCUT2D eigenvalue weighted by atomic mass is 9.75. The van der Waals surface area contributed by atoms with Gasteiger partial charge in [0.25, 0.3) is 0 Å². The van der Waals surface area contributed by atoms with Gasteiger partial charge in [0, 0.05) is 6.54 Å². The van der Waals surface area contributed by atoms with Gasteiger partial charge in [0.15, 0.2) is 0 Å². The third-order valence-electron chi connectivity index (χ3n) is 4.99. The van der Waals surface area contributed by atoms with Crippen LogP contribution in [0.3, 0.4) is 0 Å². The molecular formula is C17H25N3. The van der Waals surface area contributed by atoms with E-state index in [1.54, 1.807) is 0 Å². The van der Waals surface area contributed by atoms with Crippen molar-refractivity contribution >= 4 is 11.0 Å². The Morgan fingerprint density at radius 3 is 2.60 bits per heavy atom. The Bertz CT molecular complexity index is 591. The number of hydrogen-bond donors (Lipinski definition) is 1. The number of imidazole rings is 1. The van der Waals surface area contributed by atoms with Gasteiger partial charge in [-0.1, -0.05) is 25.5 Å². The first-order chi connectivity index (χ1) is 9.68. The lowest BCUT2D eigenvalue weighted by molar-refractivity contribution is 0.218. The van der Waals surface area contributed by atoms with Gasteiger partial charge in [0.05, 0.1) is 16.6 Å². The highest BCUT2D eigenvalue weighted by atomic mass is 15.1. The molecule has 0 amide bonds. The van der Waals surface area contributed by atoms with Crippen LogP contribution < -0.4 is 5.73 Å². The minimum atomic E-state index is -0.235. The van der Waals surface area contributed by atoms with Crippen molar-refractivity contribution < 1.29 is 0 Å². The lowest BCUT2D eigenvalue weighted by Crippen LogP contribution is -2.42. The van der Waals surface area contributed by atoms with Crippen LogP contribution in [0.1, 0.15) is 51.8 Å². The Hall–Kier alpha value is -1.35. The van der Waals surface area contributed by atoms with Gasteiger partial charge in [-0.15, -0.1) is 0 Å². The molecule has 0 aliphatic heterocycles. The second-order valence-electron chi connectivity index (χ2n) is 6.18. The zero-order valence-corrected chi connectivity index (χ0v) is 12.6. The van der Waals surface area contributed by atoms with Crippen molar-refractivity contribution in [2.75, 3.05) is 0 Å². The number of benzene rings is 1. The molecule has 3 nitrogen and oxygen atoms in total. The predicted octanol–water partition coefficient (Wildman–Crippen LogP) is 3.81. The molecule has 1 saturated carbocycles. The highest BCUT2D eigenvalue weighted by molar-refractivity contribution is 5.76. The van der Waals surface area contributed by atoms with Crippen molar-refractivity contribution in [3.8, 4) is 0 Å². The summed E-state index contributed by atoms with van der Waals surface area (Å²) < 4.78 is 2.31. The van der Waals surface area contributed by atoms with Crippen LogP contribution in [-0.4, -0.2) is 9.55 Å². The summed E-state index contributed by atoms with van der Waals surface area (Å²) >= 11 is 0. The highest BCUT2D eigenvalue weighted by Gasteiger charge is 2.36. The summed E-state index contributed by atoms with van der Waals surface area (Å²) in [5, 5.41) is 0. The van der Waals surface area contributed by atoms with Crippen LogP contribution in [0.25, 0.3) is 11.0 Å². The Kier molecular flexibility index (Phi) is 3.55. The molecule has 0 unspecified atom stereocenters. The molecule has 0 radical (unpaired) electrons. The molecule has 1 heterocycles. The fraction of sp³-hybridized carbons (Fsp3) is 0.588. The Morgan fingerprint density at radius 2 is 1.95 bits per heavy atom. The van der Waals surface area contributed by atoms with E-state index in [9.17, 15) is 0 Å².